The molecule has 1 heteroatoms. The van der Waals surface area contributed by atoms with E-state index < -0.39 is 0 Å². The van der Waals surface area contributed by atoms with Gasteiger partial charge in [0.25, 0.3) is 0 Å². The van der Waals surface area contributed by atoms with Crippen molar-refractivity contribution in [3.8, 4) is 11.1 Å². The molecule has 234 valence electrons. The van der Waals surface area contributed by atoms with Gasteiger partial charge in [-0.15, -0.1) is 0 Å². The van der Waals surface area contributed by atoms with Gasteiger partial charge in [0.15, 0.2) is 0 Å². The van der Waals surface area contributed by atoms with Gasteiger partial charge in [0.2, 0.25) is 0 Å². The van der Waals surface area contributed by atoms with Crippen LogP contribution in [0.5, 0.6) is 0 Å². The number of anilines is 3. The summed E-state index contributed by atoms with van der Waals surface area (Å²) in [5, 5.41) is 10.2. The second kappa shape index (κ2) is 10.4. The molecule has 0 atom stereocenters. The summed E-state index contributed by atoms with van der Waals surface area (Å²) in [6.45, 7) is 0. The smallest absolute Gasteiger partial charge is 0.0546 e. The highest BCUT2D eigenvalue weighted by Gasteiger charge is 2.47. The molecule has 0 radical (unpaired) electrons. The Bertz CT molecular complexity index is 2790. The van der Waals surface area contributed by atoms with Crippen molar-refractivity contribution in [2.75, 3.05) is 4.90 Å². The molecule has 0 bridgehead atoms. The second-order valence-corrected chi connectivity index (χ2v) is 14.2. The third-order valence-corrected chi connectivity index (χ3v) is 11.6. The molecule has 1 spiro atoms. The van der Waals surface area contributed by atoms with Crippen LogP contribution in [0.25, 0.3) is 54.2 Å². The molecule has 0 fully saturated rings. The summed E-state index contributed by atoms with van der Waals surface area (Å²) in [5.41, 5.74) is 12.0. The van der Waals surface area contributed by atoms with Gasteiger partial charge in [0, 0.05) is 21.9 Å². The topological polar surface area (TPSA) is 3.24 Å². The van der Waals surface area contributed by atoms with Gasteiger partial charge >= 0.3 is 0 Å². The Morgan fingerprint density at radius 2 is 0.940 bits per heavy atom. The van der Waals surface area contributed by atoms with Gasteiger partial charge in [-0.2, -0.15) is 0 Å². The minimum atomic E-state index is -0.114. The number of hydrogen-bond acceptors (Lipinski definition) is 1. The van der Waals surface area contributed by atoms with Crippen LogP contribution in [0.1, 0.15) is 22.3 Å². The van der Waals surface area contributed by atoms with Crippen LogP contribution in [0.3, 0.4) is 0 Å². The highest BCUT2D eigenvalue weighted by atomic mass is 15.1. The predicted molar refractivity (Wildman–Crippen MR) is 211 cm³/mol. The van der Waals surface area contributed by atoms with Crippen LogP contribution < -0.4 is 4.90 Å². The van der Waals surface area contributed by atoms with Gasteiger partial charge in [-0.05, 0) is 103 Å². The molecule has 0 aromatic heterocycles. The molecule has 50 heavy (non-hydrogen) atoms. The first-order chi connectivity index (χ1) is 24.7. The number of benzene rings is 9. The van der Waals surface area contributed by atoms with Crippen molar-refractivity contribution in [2.24, 2.45) is 0 Å². The molecular formula is C49H33N. The van der Waals surface area contributed by atoms with E-state index in [1.54, 1.807) is 0 Å². The summed E-state index contributed by atoms with van der Waals surface area (Å²) in [6.07, 6.45) is 2.02. The van der Waals surface area contributed by atoms with E-state index in [0.29, 0.717) is 0 Å². The molecule has 2 aliphatic carbocycles. The van der Waals surface area contributed by atoms with Crippen molar-refractivity contribution >= 4 is 60.2 Å². The molecule has 9 aromatic carbocycles. The van der Waals surface area contributed by atoms with Crippen LogP contribution in [0.2, 0.25) is 0 Å². The first-order valence-corrected chi connectivity index (χ1v) is 17.7. The summed E-state index contributed by atoms with van der Waals surface area (Å²) in [4.78, 5) is 2.53. The van der Waals surface area contributed by atoms with Crippen LogP contribution in [-0.4, -0.2) is 0 Å². The first-order valence-electron chi connectivity index (χ1n) is 17.7. The lowest BCUT2D eigenvalue weighted by Gasteiger charge is -2.31. The largest absolute Gasteiger partial charge is 0.309 e. The molecule has 0 unspecified atom stereocenters. The fourth-order valence-corrected chi connectivity index (χ4v) is 9.37. The third-order valence-electron chi connectivity index (χ3n) is 11.6. The second-order valence-electron chi connectivity index (χ2n) is 14.2. The average Bonchev–Trinajstić information content (AvgIpc) is 3.68. The molecule has 0 N–H and O–H groups in total. The van der Waals surface area contributed by atoms with Crippen LogP contribution in [-0.2, 0) is 18.3 Å². The predicted octanol–water partition coefficient (Wildman–Crippen LogP) is 12.8. The molecule has 0 heterocycles. The van der Waals surface area contributed by atoms with Crippen LogP contribution >= 0.6 is 0 Å². The van der Waals surface area contributed by atoms with E-state index in [4.69, 9.17) is 0 Å². The third kappa shape index (κ3) is 3.89. The van der Waals surface area contributed by atoms with E-state index >= 15 is 0 Å². The highest BCUT2D eigenvalue weighted by Crippen LogP contribution is 2.57. The summed E-state index contributed by atoms with van der Waals surface area (Å²) in [5.74, 6) is 0. The van der Waals surface area contributed by atoms with E-state index in [0.717, 1.165) is 12.8 Å². The Morgan fingerprint density at radius 3 is 1.72 bits per heavy atom. The maximum absolute atomic E-state index is 2.53. The Kier molecular flexibility index (Phi) is 5.77. The number of nitrogens with zero attached hydrogens (tertiary/aromatic N) is 1. The highest BCUT2D eigenvalue weighted by molar-refractivity contribution is 6.15. The Hall–Kier alpha value is -6.18. The molecule has 1 nitrogen and oxygen atoms in total. The van der Waals surface area contributed by atoms with Crippen molar-refractivity contribution in [2.45, 2.75) is 18.3 Å². The summed E-state index contributed by atoms with van der Waals surface area (Å²) in [6, 6.07) is 65.8. The van der Waals surface area contributed by atoms with Gasteiger partial charge in [0.1, 0.15) is 0 Å². The lowest BCUT2D eigenvalue weighted by Crippen LogP contribution is -2.26. The van der Waals surface area contributed by atoms with E-state index in [9.17, 15) is 0 Å². The Morgan fingerprint density at radius 1 is 0.360 bits per heavy atom. The van der Waals surface area contributed by atoms with Crippen LogP contribution in [0.4, 0.5) is 17.1 Å². The molecule has 0 saturated carbocycles. The summed E-state index contributed by atoms with van der Waals surface area (Å²) in [7, 11) is 0. The van der Waals surface area contributed by atoms with E-state index in [1.807, 2.05) is 0 Å². The van der Waals surface area contributed by atoms with E-state index in [-0.39, 0.29) is 5.41 Å². The maximum Gasteiger partial charge on any atom is 0.0546 e. The molecule has 0 amide bonds. The van der Waals surface area contributed by atoms with Gasteiger partial charge < -0.3 is 4.90 Å². The van der Waals surface area contributed by atoms with Gasteiger partial charge in [-0.1, -0.05) is 152 Å². The number of hydrogen-bond donors (Lipinski definition) is 0. The van der Waals surface area contributed by atoms with Gasteiger partial charge in [0.05, 0.1) is 11.4 Å². The van der Waals surface area contributed by atoms with Crippen molar-refractivity contribution in [3.05, 3.63) is 198 Å². The number of rotatable bonds is 3. The molecule has 0 aliphatic heterocycles. The summed E-state index contributed by atoms with van der Waals surface area (Å²) < 4.78 is 0. The standard InChI is InChI=1S/C49H33N/c1-2-14-34-27-37-31-49(30-36(37)26-33(34)13-1)45-22-10-9-20-42(45)43-25-24-38(29-46(43)49)50(47-23-11-16-32-12-3-6-18-40(32)47)48-28-35-15-4-5-17-39(35)41-19-7-8-21-44(41)48/h1-29H,30-31H2. The maximum atomic E-state index is 2.53. The van der Waals surface area contributed by atoms with E-state index in [1.165, 1.54) is 93.5 Å². The number of fused-ring (bicyclic) bond motifs is 11. The first kappa shape index (κ1) is 27.7. The molecule has 0 saturated heterocycles. The fourth-order valence-electron chi connectivity index (χ4n) is 9.37. The average molecular weight is 636 g/mol. The lowest BCUT2D eigenvalue weighted by molar-refractivity contribution is 0.564. The lowest BCUT2D eigenvalue weighted by atomic mass is 9.75. The van der Waals surface area contributed by atoms with E-state index in [2.05, 4.69) is 181 Å². The Labute approximate surface area is 291 Å². The minimum absolute atomic E-state index is 0.114. The van der Waals surface area contributed by atoms with Crippen molar-refractivity contribution < 1.29 is 0 Å². The molecule has 9 aromatic rings. The molecule has 11 rings (SSSR count). The Balaban J connectivity index is 1.19. The SMILES string of the molecule is c1ccc2c(c1)-c1ccc(N(c3cccc4ccccc34)c3cc4ccccc4c4ccccc34)cc1C21Cc2cc3ccccc3cc2C1. The van der Waals surface area contributed by atoms with Gasteiger partial charge in [-0.25, -0.2) is 0 Å². The zero-order valence-electron chi connectivity index (χ0n) is 27.6. The van der Waals surface area contributed by atoms with Crippen molar-refractivity contribution in [1.82, 2.24) is 0 Å². The van der Waals surface area contributed by atoms with Gasteiger partial charge in [-0.3, -0.25) is 0 Å². The zero-order valence-corrected chi connectivity index (χ0v) is 27.6. The normalized spacial score (nSPS) is 14.0. The van der Waals surface area contributed by atoms with Crippen molar-refractivity contribution in [3.63, 3.8) is 0 Å². The fraction of sp³-hybridized carbons (Fsp3) is 0.0612. The monoisotopic (exact) mass is 635 g/mol. The minimum Gasteiger partial charge on any atom is -0.309 e. The molecule has 2 aliphatic rings. The van der Waals surface area contributed by atoms with Crippen molar-refractivity contribution in [1.29, 1.82) is 0 Å². The van der Waals surface area contributed by atoms with Crippen LogP contribution in [0, 0.1) is 0 Å². The van der Waals surface area contributed by atoms with Crippen LogP contribution in [0.15, 0.2) is 176 Å². The summed E-state index contributed by atoms with van der Waals surface area (Å²) >= 11 is 0. The zero-order chi connectivity index (χ0) is 32.8. The quantitative estimate of drug-likeness (QED) is 0.175. The molecular weight excluding hydrogens is 603 g/mol.